The monoisotopic (exact) mass is 459 g/mol. The molecule has 0 N–H and O–H groups in total. The number of likely N-dealkylation sites (tertiary alicyclic amines) is 1. The summed E-state index contributed by atoms with van der Waals surface area (Å²) in [5.74, 6) is -0.0454. The molecule has 34 heavy (non-hydrogen) atoms. The van der Waals surface area contributed by atoms with Crippen LogP contribution in [0.15, 0.2) is 55.0 Å². The Morgan fingerprint density at radius 2 is 1.88 bits per heavy atom. The lowest BCUT2D eigenvalue weighted by molar-refractivity contribution is -0.140. The number of pyridine rings is 1. The number of anilines is 1. The van der Waals surface area contributed by atoms with E-state index in [-0.39, 0.29) is 18.4 Å². The normalized spacial score (nSPS) is 21.1. The largest absolute Gasteiger partial charge is 0.363 e. The zero-order chi connectivity index (χ0) is 23.7. The lowest BCUT2D eigenvalue weighted by atomic mass is 9.92. The zero-order valence-electron chi connectivity index (χ0n) is 19.6. The first-order valence-corrected chi connectivity index (χ1v) is 11.7. The van der Waals surface area contributed by atoms with Gasteiger partial charge < -0.3 is 14.5 Å². The van der Waals surface area contributed by atoms with Crippen molar-refractivity contribution in [1.29, 1.82) is 0 Å². The standard InChI is InChI=1S/C26H29N5O3/c1-19-4-7-22(8-5-19)31-18-26(34-17-24(31)32)10-3-12-30(13-11-26)25(33)20-6-9-23(27-14-20)21-15-28-29(2)16-21/h4-9,14-16H,3,10-13,17-18H2,1-2H3/t26-/m0/s1. The fourth-order valence-electron chi connectivity index (χ4n) is 4.78. The molecule has 2 amide bonds. The van der Waals surface area contributed by atoms with E-state index < -0.39 is 5.60 Å². The molecule has 8 nitrogen and oxygen atoms in total. The van der Waals surface area contributed by atoms with Gasteiger partial charge in [-0.3, -0.25) is 19.3 Å². The van der Waals surface area contributed by atoms with Gasteiger partial charge in [-0.2, -0.15) is 5.10 Å². The maximum atomic E-state index is 13.2. The smallest absolute Gasteiger partial charge is 0.255 e. The predicted molar refractivity (Wildman–Crippen MR) is 128 cm³/mol. The molecule has 5 rings (SSSR count). The van der Waals surface area contributed by atoms with Gasteiger partial charge in [-0.25, -0.2) is 0 Å². The highest BCUT2D eigenvalue weighted by Gasteiger charge is 2.42. The number of carbonyl (C=O) groups is 2. The molecule has 2 fully saturated rings. The molecule has 8 heteroatoms. The topological polar surface area (TPSA) is 80.6 Å². The lowest BCUT2D eigenvalue weighted by Crippen LogP contribution is -2.55. The summed E-state index contributed by atoms with van der Waals surface area (Å²) in [4.78, 5) is 34.0. The Hall–Kier alpha value is -3.52. The lowest BCUT2D eigenvalue weighted by Gasteiger charge is -2.42. The molecule has 1 spiro atoms. The number of ether oxygens (including phenoxy) is 1. The number of amides is 2. The summed E-state index contributed by atoms with van der Waals surface area (Å²) in [6.45, 7) is 3.86. The van der Waals surface area contributed by atoms with Crippen molar-refractivity contribution >= 4 is 17.5 Å². The van der Waals surface area contributed by atoms with Crippen molar-refractivity contribution in [3.63, 3.8) is 0 Å². The van der Waals surface area contributed by atoms with Crippen LogP contribution in [-0.2, 0) is 16.6 Å². The highest BCUT2D eigenvalue weighted by molar-refractivity contribution is 5.95. The fourth-order valence-corrected chi connectivity index (χ4v) is 4.78. The van der Waals surface area contributed by atoms with Gasteiger partial charge in [-0.15, -0.1) is 0 Å². The van der Waals surface area contributed by atoms with Crippen LogP contribution in [-0.4, -0.2) is 63.3 Å². The average Bonchev–Trinajstić information content (AvgIpc) is 3.18. The minimum absolute atomic E-state index is 0.0218. The number of rotatable bonds is 3. The van der Waals surface area contributed by atoms with Crippen LogP contribution in [0.3, 0.4) is 0 Å². The maximum absolute atomic E-state index is 13.2. The summed E-state index contributed by atoms with van der Waals surface area (Å²) in [5.41, 5.74) is 3.90. The molecule has 176 valence electrons. The van der Waals surface area contributed by atoms with Gasteiger partial charge in [0.2, 0.25) is 0 Å². The van der Waals surface area contributed by atoms with Crippen LogP contribution in [0.5, 0.6) is 0 Å². The van der Waals surface area contributed by atoms with Crippen molar-refractivity contribution in [3.8, 4) is 11.3 Å². The first-order chi connectivity index (χ1) is 16.4. The number of aryl methyl sites for hydroxylation is 2. The fraction of sp³-hybridized carbons (Fsp3) is 0.385. The Bertz CT molecular complexity index is 1190. The van der Waals surface area contributed by atoms with E-state index in [0.717, 1.165) is 35.3 Å². The number of carbonyl (C=O) groups excluding carboxylic acids is 2. The van der Waals surface area contributed by atoms with Crippen molar-refractivity contribution in [3.05, 3.63) is 66.1 Å². The Morgan fingerprint density at radius 3 is 2.59 bits per heavy atom. The summed E-state index contributed by atoms with van der Waals surface area (Å²) in [5, 5.41) is 4.17. The molecule has 2 aliphatic rings. The van der Waals surface area contributed by atoms with E-state index in [9.17, 15) is 9.59 Å². The van der Waals surface area contributed by atoms with Crippen LogP contribution < -0.4 is 4.90 Å². The molecule has 0 radical (unpaired) electrons. The molecule has 0 aliphatic carbocycles. The Morgan fingerprint density at radius 1 is 1.06 bits per heavy atom. The van der Waals surface area contributed by atoms with Gasteiger partial charge >= 0.3 is 0 Å². The SMILES string of the molecule is Cc1ccc(N2C[C@@]3(CCCN(C(=O)c4ccc(-c5cnn(C)c5)nc4)CC3)OCC2=O)cc1. The summed E-state index contributed by atoms with van der Waals surface area (Å²) < 4.78 is 7.85. The quantitative estimate of drug-likeness (QED) is 0.601. The molecule has 2 aliphatic heterocycles. The van der Waals surface area contributed by atoms with Crippen molar-refractivity contribution in [2.75, 3.05) is 31.1 Å². The first-order valence-electron chi connectivity index (χ1n) is 11.7. The summed E-state index contributed by atoms with van der Waals surface area (Å²) >= 11 is 0. The van der Waals surface area contributed by atoms with Crippen molar-refractivity contribution < 1.29 is 14.3 Å². The van der Waals surface area contributed by atoms with E-state index in [1.807, 2.05) is 66.4 Å². The van der Waals surface area contributed by atoms with Crippen LogP contribution in [0.1, 0.15) is 35.2 Å². The number of hydrogen-bond acceptors (Lipinski definition) is 5. The first kappa shape index (κ1) is 22.3. The van der Waals surface area contributed by atoms with Gasteiger partial charge in [0.15, 0.2) is 0 Å². The third kappa shape index (κ3) is 4.46. The molecule has 3 aromatic rings. The third-order valence-electron chi connectivity index (χ3n) is 6.79. The van der Waals surface area contributed by atoms with E-state index in [1.54, 1.807) is 17.1 Å². The molecular weight excluding hydrogens is 430 g/mol. The summed E-state index contributed by atoms with van der Waals surface area (Å²) in [6.07, 6.45) is 7.61. The van der Waals surface area contributed by atoms with E-state index in [2.05, 4.69) is 10.1 Å². The van der Waals surface area contributed by atoms with Gasteiger partial charge in [0.25, 0.3) is 11.8 Å². The number of aromatic nitrogens is 3. The molecule has 2 aromatic heterocycles. The van der Waals surface area contributed by atoms with Crippen LogP contribution in [0.4, 0.5) is 5.69 Å². The maximum Gasteiger partial charge on any atom is 0.255 e. The highest BCUT2D eigenvalue weighted by Crippen LogP contribution is 2.33. The van der Waals surface area contributed by atoms with Crippen molar-refractivity contribution in [2.45, 2.75) is 31.8 Å². The van der Waals surface area contributed by atoms with E-state index in [1.165, 1.54) is 0 Å². The second-order valence-corrected chi connectivity index (χ2v) is 9.27. The van der Waals surface area contributed by atoms with Crippen molar-refractivity contribution in [1.82, 2.24) is 19.7 Å². The third-order valence-corrected chi connectivity index (χ3v) is 6.79. The molecule has 2 saturated heterocycles. The van der Waals surface area contributed by atoms with Gasteiger partial charge in [0.1, 0.15) is 6.61 Å². The minimum atomic E-state index is -0.434. The van der Waals surface area contributed by atoms with Gasteiger partial charge in [0, 0.05) is 43.8 Å². The average molecular weight is 460 g/mol. The van der Waals surface area contributed by atoms with Gasteiger partial charge in [-0.05, 0) is 50.5 Å². The second kappa shape index (κ2) is 9.02. The predicted octanol–water partition coefficient (Wildman–Crippen LogP) is 3.22. The highest BCUT2D eigenvalue weighted by atomic mass is 16.5. The van der Waals surface area contributed by atoms with Crippen LogP contribution in [0, 0.1) is 6.92 Å². The Balaban J connectivity index is 1.27. The number of hydrogen-bond donors (Lipinski definition) is 0. The molecule has 4 heterocycles. The van der Waals surface area contributed by atoms with E-state index in [0.29, 0.717) is 31.6 Å². The minimum Gasteiger partial charge on any atom is -0.363 e. The molecule has 1 aromatic carbocycles. The summed E-state index contributed by atoms with van der Waals surface area (Å²) in [6, 6.07) is 11.7. The molecular formula is C26H29N5O3. The van der Waals surface area contributed by atoms with E-state index in [4.69, 9.17) is 4.74 Å². The molecule has 0 bridgehead atoms. The van der Waals surface area contributed by atoms with Crippen LogP contribution in [0.25, 0.3) is 11.3 Å². The zero-order valence-corrected chi connectivity index (χ0v) is 19.6. The number of nitrogens with zero attached hydrogens (tertiary/aromatic N) is 5. The summed E-state index contributed by atoms with van der Waals surface area (Å²) in [7, 11) is 1.86. The van der Waals surface area contributed by atoms with Crippen LogP contribution in [0.2, 0.25) is 0 Å². The van der Waals surface area contributed by atoms with Crippen LogP contribution >= 0.6 is 0 Å². The Labute approximate surface area is 199 Å². The van der Waals surface area contributed by atoms with E-state index >= 15 is 0 Å². The number of morpholine rings is 1. The van der Waals surface area contributed by atoms with Gasteiger partial charge in [-0.1, -0.05) is 17.7 Å². The molecule has 0 saturated carbocycles. The molecule has 1 atom stereocenters. The van der Waals surface area contributed by atoms with Crippen molar-refractivity contribution in [2.24, 2.45) is 7.05 Å². The molecule has 0 unspecified atom stereocenters. The van der Waals surface area contributed by atoms with Gasteiger partial charge in [0.05, 0.1) is 29.6 Å². The number of benzene rings is 1. The second-order valence-electron chi connectivity index (χ2n) is 9.27. The Kier molecular flexibility index (Phi) is 5.91.